The first-order valence-electron chi connectivity index (χ1n) is 8.13. The minimum absolute atomic E-state index is 0.192. The number of hydrogen-bond donors (Lipinski definition) is 2. The Morgan fingerprint density at radius 2 is 1.18 bits per heavy atom. The topological polar surface area (TPSA) is 40.5 Å². The summed E-state index contributed by atoms with van der Waals surface area (Å²) in [4.78, 5) is 0. The number of benzene rings is 2. The van der Waals surface area contributed by atoms with E-state index in [1.165, 1.54) is 11.1 Å². The monoisotopic (exact) mass is 298 g/mol. The van der Waals surface area contributed by atoms with Crippen LogP contribution in [0, 0.1) is 11.8 Å². The van der Waals surface area contributed by atoms with Gasteiger partial charge in [-0.3, -0.25) is 0 Å². The van der Waals surface area contributed by atoms with E-state index in [4.69, 9.17) is 5.11 Å². The second-order valence-electron chi connectivity index (χ2n) is 5.95. The highest BCUT2D eigenvalue weighted by molar-refractivity contribution is 5.17. The molecule has 22 heavy (non-hydrogen) atoms. The van der Waals surface area contributed by atoms with Gasteiger partial charge in [-0.25, -0.2) is 0 Å². The molecule has 0 unspecified atom stereocenters. The molecule has 0 amide bonds. The van der Waals surface area contributed by atoms with Crippen LogP contribution in [0.5, 0.6) is 0 Å². The number of aliphatic hydroxyl groups is 2. The molecule has 0 fully saturated rings. The minimum Gasteiger partial charge on any atom is -0.396 e. The fourth-order valence-electron chi connectivity index (χ4n) is 3.07. The highest BCUT2D eigenvalue weighted by Crippen LogP contribution is 2.26. The molecule has 0 heterocycles. The molecule has 0 aliphatic carbocycles. The quantitative estimate of drug-likeness (QED) is 0.744. The highest BCUT2D eigenvalue weighted by atomic mass is 16.3. The Morgan fingerprint density at radius 1 is 0.682 bits per heavy atom. The largest absolute Gasteiger partial charge is 0.396 e. The fraction of sp³-hybridized carbons (Fsp3) is 0.400. The van der Waals surface area contributed by atoms with Gasteiger partial charge in [-0.15, -0.1) is 0 Å². The van der Waals surface area contributed by atoms with Gasteiger partial charge in [0.25, 0.3) is 0 Å². The molecule has 0 aliphatic heterocycles. The molecule has 2 rings (SSSR count). The van der Waals surface area contributed by atoms with Crippen molar-refractivity contribution in [3.63, 3.8) is 0 Å². The SMILES string of the molecule is OCCC[C@@H](Cc1ccccc1)[C@@H](CO)Cc1ccccc1. The van der Waals surface area contributed by atoms with Gasteiger partial charge in [-0.1, -0.05) is 60.7 Å². The second kappa shape index (κ2) is 9.39. The lowest BCUT2D eigenvalue weighted by Gasteiger charge is -2.26. The summed E-state index contributed by atoms with van der Waals surface area (Å²) in [5.41, 5.74) is 2.57. The van der Waals surface area contributed by atoms with Gasteiger partial charge in [0.05, 0.1) is 0 Å². The van der Waals surface area contributed by atoms with Crippen LogP contribution in [0.1, 0.15) is 24.0 Å². The summed E-state index contributed by atoms with van der Waals surface area (Å²) in [6, 6.07) is 20.8. The van der Waals surface area contributed by atoms with Crippen molar-refractivity contribution in [3.8, 4) is 0 Å². The molecule has 0 radical (unpaired) electrons. The smallest absolute Gasteiger partial charge is 0.0465 e. The summed E-state index contributed by atoms with van der Waals surface area (Å²) < 4.78 is 0. The first-order valence-corrected chi connectivity index (χ1v) is 8.13. The lowest BCUT2D eigenvalue weighted by molar-refractivity contribution is 0.158. The second-order valence-corrected chi connectivity index (χ2v) is 5.95. The van der Waals surface area contributed by atoms with E-state index in [0.717, 1.165) is 25.7 Å². The molecule has 2 atom stereocenters. The molecule has 2 N–H and O–H groups in total. The van der Waals surface area contributed by atoms with E-state index in [-0.39, 0.29) is 19.1 Å². The van der Waals surface area contributed by atoms with Crippen molar-refractivity contribution in [3.05, 3.63) is 71.8 Å². The summed E-state index contributed by atoms with van der Waals surface area (Å²) in [5, 5.41) is 19.0. The molecule has 0 bridgehead atoms. The van der Waals surface area contributed by atoms with Gasteiger partial charge in [-0.05, 0) is 48.6 Å². The van der Waals surface area contributed by atoms with E-state index in [9.17, 15) is 5.11 Å². The van der Waals surface area contributed by atoms with E-state index >= 15 is 0 Å². The Hall–Kier alpha value is -1.64. The van der Waals surface area contributed by atoms with Gasteiger partial charge in [0.15, 0.2) is 0 Å². The lowest BCUT2D eigenvalue weighted by atomic mass is 9.80. The predicted octanol–water partition coefficient (Wildman–Crippen LogP) is 3.47. The van der Waals surface area contributed by atoms with E-state index in [2.05, 4.69) is 36.4 Å². The Morgan fingerprint density at radius 3 is 1.64 bits per heavy atom. The minimum atomic E-state index is 0.192. The van der Waals surface area contributed by atoms with Crippen LogP contribution >= 0.6 is 0 Å². The van der Waals surface area contributed by atoms with Crippen molar-refractivity contribution in [1.29, 1.82) is 0 Å². The third-order valence-corrected chi connectivity index (χ3v) is 4.32. The van der Waals surface area contributed by atoms with Crippen LogP contribution in [0.15, 0.2) is 60.7 Å². The van der Waals surface area contributed by atoms with E-state index in [1.54, 1.807) is 0 Å². The summed E-state index contributed by atoms with van der Waals surface area (Å²) in [6.45, 7) is 0.409. The van der Waals surface area contributed by atoms with Crippen LogP contribution in [0.25, 0.3) is 0 Å². The number of aliphatic hydroxyl groups excluding tert-OH is 2. The Kier molecular flexibility index (Phi) is 7.14. The zero-order chi connectivity index (χ0) is 15.6. The molecule has 0 aromatic heterocycles. The van der Waals surface area contributed by atoms with Crippen molar-refractivity contribution in [2.75, 3.05) is 13.2 Å². The summed E-state index contributed by atoms with van der Waals surface area (Å²) >= 11 is 0. The number of hydrogen-bond acceptors (Lipinski definition) is 2. The zero-order valence-corrected chi connectivity index (χ0v) is 13.1. The third-order valence-electron chi connectivity index (χ3n) is 4.32. The van der Waals surface area contributed by atoms with Crippen molar-refractivity contribution >= 4 is 0 Å². The average Bonchev–Trinajstić information content (AvgIpc) is 2.58. The summed E-state index contributed by atoms with van der Waals surface area (Å²) in [6.07, 6.45) is 3.59. The number of rotatable bonds is 9. The summed E-state index contributed by atoms with van der Waals surface area (Å²) in [7, 11) is 0. The molecule has 0 aliphatic rings. The average molecular weight is 298 g/mol. The molecule has 118 valence electrons. The zero-order valence-electron chi connectivity index (χ0n) is 13.1. The van der Waals surface area contributed by atoms with Crippen LogP contribution in [0.4, 0.5) is 0 Å². The maximum atomic E-state index is 9.87. The van der Waals surface area contributed by atoms with Gasteiger partial charge in [0.1, 0.15) is 0 Å². The van der Waals surface area contributed by atoms with Crippen LogP contribution < -0.4 is 0 Å². The molecule has 2 aromatic rings. The molecule has 0 saturated carbocycles. The van der Waals surface area contributed by atoms with E-state index in [1.807, 2.05) is 24.3 Å². The third kappa shape index (κ3) is 5.28. The van der Waals surface area contributed by atoms with E-state index in [0.29, 0.717) is 5.92 Å². The Balaban J connectivity index is 2.07. The van der Waals surface area contributed by atoms with Crippen LogP contribution in [0.3, 0.4) is 0 Å². The van der Waals surface area contributed by atoms with Gasteiger partial charge < -0.3 is 10.2 Å². The predicted molar refractivity (Wildman–Crippen MR) is 90.7 cm³/mol. The van der Waals surface area contributed by atoms with Crippen molar-refractivity contribution in [2.45, 2.75) is 25.7 Å². The van der Waals surface area contributed by atoms with Crippen LogP contribution in [0.2, 0.25) is 0 Å². The van der Waals surface area contributed by atoms with Crippen LogP contribution in [-0.2, 0) is 12.8 Å². The van der Waals surface area contributed by atoms with Crippen molar-refractivity contribution in [2.24, 2.45) is 11.8 Å². The first-order chi connectivity index (χ1) is 10.8. The molecular formula is C20H26O2. The molecule has 2 heteroatoms. The van der Waals surface area contributed by atoms with Crippen molar-refractivity contribution < 1.29 is 10.2 Å². The van der Waals surface area contributed by atoms with E-state index < -0.39 is 0 Å². The Bertz CT molecular complexity index is 510. The maximum absolute atomic E-state index is 9.87. The first kappa shape index (κ1) is 16.7. The van der Waals surface area contributed by atoms with Gasteiger partial charge >= 0.3 is 0 Å². The van der Waals surface area contributed by atoms with Gasteiger partial charge in [-0.2, -0.15) is 0 Å². The lowest BCUT2D eigenvalue weighted by Crippen LogP contribution is -2.23. The highest BCUT2D eigenvalue weighted by Gasteiger charge is 2.21. The van der Waals surface area contributed by atoms with Gasteiger partial charge in [0, 0.05) is 13.2 Å². The van der Waals surface area contributed by atoms with Gasteiger partial charge in [0.2, 0.25) is 0 Å². The maximum Gasteiger partial charge on any atom is 0.0465 e. The standard InChI is InChI=1S/C20H26O2/c21-13-7-12-19(14-17-8-3-1-4-9-17)20(16-22)15-18-10-5-2-6-11-18/h1-6,8-11,19-22H,7,12-16H2/t19-,20+/m0/s1. The summed E-state index contributed by atoms with van der Waals surface area (Å²) in [5.74, 6) is 0.619. The molecule has 0 spiro atoms. The molecule has 2 nitrogen and oxygen atoms in total. The normalized spacial score (nSPS) is 13.7. The molecule has 0 saturated heterocycles. The molecule has 2 aromatic carbocycles. The molecular weight excluding hydrogens is 272 g/mol. The van der Waals surface area contributed by atoms with Crippen LogP contribution in [-0.4, -0.2) is 23.4 Å². The Labute approximate surface area is 133 Å². The van der Waals surface area contributed by atoms with Crippen molar-refractivity contribution in [1.82, 2.24) is 0 Å². The fourth-order valence-corrected chi connectivity index (χ4v) is 3.07.